The highest BCUT2D eigenvalue weighted by atomic mass is 32.2. The highest BCUT2D eigenvalue weighted by molar-refractivity contribution is 7.89. The molecular weight excluding hydrogens is 340 g/mol. The van der Waals surface area contributed by atoms with Gasteiger partial charge in [0.25, 0.3) is 5.91 Å². The highest BCUT2D eigenvalue weighted by Gasteiger charge is 2.19. The fourth-order valence-corrected chi connectivity index (χ4v) is 3.62. The van der Waals surface area contributed by atoms with Gasteiger partial charge in [0, 0.05) is 11.6 Å². The minimum atomic E-state index is -3.65. The van der Waals surface area contributed by atoms with Crippen LogP contribution in [0, 0.1) is 0 Å². The van der Waals surface area contributed by atoms with E-state index in [-0.39, 0.29) is 10.5 Å². The second kappa shape index (κ2) is 7.77. The first-order valence-corrected chi connectivity index (χ1v) is 9.39. The summed E-state index contributed by atoms with van der Waals surface area (Å²) in [5, 5.41) is 8.61. The second-order valence-electron chi connectivity index (χ2n) is 6.13. The van der Waals surface area contributed by atoms with E-state index in [2.05, 4.69) is 4.72 Å². The zero-order chi connectivity index (χ0) is 18.6. The maximum absolute atomic E-state index is 12.5. The van der Waals surface area contributed by atoms with Gasteiger partial charge in [-0.3, -0.25) is 10.0 Å². The molecule has 7 heteroatoms. The molecule has 6 nitrogen and oxygen atoms in total. The zero-order valence-corrected chi connectivity index (χ0v) is 15.2. The maximum atomic E-state index is 12.5. The maximum Gasteiger partial charge on any atom is 0.274 e. The molecule has 134 valence electrons. The van der Waals surface area contributed by atoms with E-state index >= 15 is 0 Å². The van der Waals surface area contributed by atoms with Crippen LogP contribution in [0.4, 0.5) is 0 Å². The molecule has 0 radical (unpaired) electrons. The molecule has 0 saturated heterocycles. The molecule has 1 atom stereocenters. The van der Waals surface area contributed by atoms with Crippen LogP contribution in [0.25, 0.3) is 0 Å². The van der Waals surface area contributed by atoms with E-state index in [9.17, 15) is 13.2 Å². The molecule has 0 spiro atoms. The van der Waals surface area contributed by atoms with Gasteiger partial charge in [-0.1, -0.05) is 38.1 Å². The second-order valence-corrected chi connectivity index (χ2v) is 7.84. The van der Waals surface area contributed by atoms with Crippen molar-refractivity contribution in [3.63, 3.8) is 0 Å². The molecule has 0 aliphatic carbocycles. The summed E-state index contributed by atoms with van der Waals surface area (Å²) in [4.78, 5) is 11.5. The van der Waals surface area contributed by atoms with Crippen molar-refractivity contribution in [1.29, 1.82) is 0 Å². The van der Waals surface area contributed by atoms with Crippen LogP contribution in [0.5, 0.6) is 0 Å². The molecular formula is C18H22N2O4S. The Hall–Kier alpha value is -2.22. The number of carbonyl (C=O) groups is 1. The average molecular weight is 362 g/mol. The van der Waals surface area contributed by atoms with Gasteiger partial charge in [-0.05, 0) is 48.2 Å². The van der Waals surface area contributed by atoms with Gasteiger partial charge >= 0.3 is 0 Å². The van der Waals surface area contributed by atoms with Crippen molar-refractivity contribution in [2.45, 2.75) is 37.6 Å². The fraction of sp³-hybridized carbons (Fsp3) is 0.278. The van der Waals surface area contributed by atoms with Crippen LogP contribution >= 0.6 is 0 Å². The van der Waals surface area contributed by atoms with Crippen LogP contribution in [-0.4, -0.2) is 19.5 Å². The number of hydrogen-bond donors (Lipinski definition) is 3. The lowest BCUT2D eigenvalue weighted by Gasteiger charge is -2.15. The fourth-order valence-electron chi connectivity index (χ4n) is 2.39. The average Bonchev–Trinajstić information content (AvgIpc) is 2.60. The number of sulfonamides is 1. The summed E-state index contributed by atoms with van der Waals surface area (Å²) in [5.41, 5.74) is 3.61. The molecule has 3 N–H and O–H groups in total. The van der Waals surface area contributed by atoms with Crippen LogP contribution in [0.15, 0.2) is 53.4 Å². The van der Waals surface area contributed by atoms with Crippen LogP contribution in [0.3, 0.4) is 0 Å². The highest BCUT2D eigenvalue weighted by Crippen LogP contribution is 2.20. The van der Waals surface area contributed by atoms with E-state index < -0.39 is 22.0 Å². The number of hydrogen-bond acceptors (Lipinski definition) is 4. The van der Waals surface area contributed by atoms with E-state index in [1.54, 1.807) is 36.7 Å². The van der Waals surface area contributed by atoms with Gasteiger partial charge < -0.3 is 0 Å². The van der Waals surface area contributed by atoms with E-state index in [0.29, 0.717) is 11.5 Å². The van der Waals surface area contributed by atoms with Gasteiger partial charge in [-0.2, -0.15) is 0 Å². The quantitative estimate of drug-likeness (QED) is 0.544. The van der Waals surface area contributed by atoms with Gasteiger partial charge in [0.05, 0.1) is 4.90 Å². The van der Waals surface area contributed by atoms with Crippen LogP contribution in [0.1, 0.15) is 54.2 Å². The minimum absolute atomic E-state index is 0.208. The standard InChI is InChI=1S/C18H22N2O4S/c1-12(2)14-8-10-17(11-9-14)25(23,24)20-13(3)15-4-6-16(7-5-15)18(21)19-22/h4-13,20,22H,1-3H3,(H,19,21). The van der Waals surface area contributed by atoms with Gasteiger partial charge in [0.2, 0.25) is 10.0 Å². The SMILES string of the molecule is CC(C)c1ccc(S(=O)(=O)NC(C)c2ccc(C(=O)NO)cc2)cc1. The van der Waals surface area contributed by atoms with Gasteiger partial charge in [-0.15, -0.1) is 0 Å². The summed E-state index contributed by atoms with van der Waals surface area (Å²) >= 11 is 0. The Morgan fingerprint density at radius 2 is 1.44 bits per heavy atom. The Morgan fingerprint density at radius 1 is 0.920 bits per heavy atom. The third-order valence-electron chi connectivity index (χ3n) is 3.96. The van der Waals surface area contributed by atoms with Gasteiger partial charge in [-0.25, -0.2) is 18.6 Å². The number of carbonyl (C=O) groups excluding carboxylic acids is 1. The van der Waals surface area contributed by atoms with Gasteiger partial charge in [0.15, 0.2) is 0 Å². The topological polar surface area (TPSA) is 95.5 Å². The lowest BCUT2D eigenvalue weighted by molar-refractivity contribution is 0.0706. The number of nitrogens with one attached hydrogen (secondary N) is 2. The van der Waals surface area contributed by atoms with E-state index in [1.165, 1.54) is 12.1 Å². The zero-order valence-electron chi connectivity index (χ0n) is 14.4. The molecule has 25 heavy (non-hydrogen) atoms. The van der Waals surface area contributed by atoms with Crippen LogP contribution < -0.4 is 10.2 Å². The largest absolute Gasteiger partial charge is 0.288 e. The molecule has 0 aromatic heterocycles. The predicted octanol–water partition coefficient (Wildman–Crippen LogP) is 2.97. The molecule has 0 saturated carbocycles. The first-order chi connectivity index (χ1) is 11.7. The number of hydroxylamine groups is 1. The Kier molecular flexibility index (Phi) is 5.94. The molecule has 1 unspecified atom stereocenters. The van der Waals surface area contributed by atoms with Crippen molar-refractivity contribution >= 4 is 15.9 Å². The minimum Gasteiger partial charge on any atom is -0.288 e. The van der Waals surface area contributed by atoms with Crippen molar-refractivity contribution in [3.05, 3.63) is 65.2 Å². The number of benzene rings is 2. The van der Waals surface area contributed by atoms with Gasteiger partial charge in [0.1, 0.15) is 0 Å². The van der Waals surface area contributed by atoms with Crippen molar-refractivity contribution in [2.75, 3.05) is 0 Å². The third kappa shape index (κ3) is 4.66. The Morgan fingerprint density at radius 3 is 1.92 bits per heavy atom. The summed E-state index contributed by atoms with van der Waals surface area (Å²) in [7, 11) is -3.65. The van der Waals surface area contributed by atoms with Crippen molar-refractivity contribution in [1.82, 2.24) is 10.2 Å². The first-order valence-electron chi connectivity index (χ1n) is 7.91. The van der Waals surface area contributed by atoms with Crippen molar-refractivity contribution in [2.24, 2.45) is 0 Å². The molecule has 0 aliphatic heterocycles. The summed E-state index contributed by atoms with van der Waals surface area (Å²) in [6.07, 6.45) is 0. The van der Waals surface area contributed by atoms with Crippen molar-refractivity contribution < 1.29 is 18.4 Å². The Bertz CT molecular complexity index is 828. The lowest BCUT2D eigenvalue weighted by atomic mass is 10.0. The van der Waals surface area contributed by atoms with Crippen molar-refractivity contribution in [3.8, 4) is 0 Å². The molecule has 0 aliphatic rings. The predicted molar refractivity (Wildman–Crippen MR) is 95.0 cm³/mol. The number of amides is 1. The van der Waals surface area contributed by atoms with Crippen LogP contribution in [0.2, 0.25) is 0 Å². The lowest BCUT2D eigenvalue weighted by Crippen LogP contribution is -2.27. The van der Waals surface area contributed by atoms with E-state index in [0.717, 1.165) is 5.56 Å². The summed E-state index contributed by atoms with van der Waals surface area (Å²) in [6.45, 7) is 5.82. The molecule has 2 aromatic rings. The smallest absolute Gasteiger partial charge is 0.274 e. The number of rotatable bonds is 6. The molecule has 2 aromatic carbocycles. The molecule has 0 fully saturated rings. The Balaban J connectivity index is 2.15. The van der Waals surface area contributed by atoms with E-state index in [4.69, 9.17) is 5.21 Å². The third-order valence-corrected chi connectivity index (χ3v) is 5.52. The first kappa shape index (κ1) is 19.1. The van der Waals surface area contributed by atoms with E-state index in [1.807, 2.05) is 26.0 Å². The molecule has 1 amide bonds. The summed E-state index contributed by atoms with van der Waals surface area (Å²) < 4.78 is 27.6. The molecule has 0 heterocycles. The van der Waals surface area contributed by atoms with Crippen LogP contribution in [-0.2, 0) is 10.0 Å². The summed E-state index contributed by atoms with van der Waals surface area (Å²) in [6, 6.07) is 12.7. The normalized spacial score (nSPS) is 12.8. The monoisotopic (exact) mass is 362 g/mol. The summed E-state index contributed by atoms with van der Waals surface area (Å²) in [5.74, 6) is -0.289. The molecule has 2 rings (SSSR count). The molecule has 0 bridgehead atoms. The Labute approximate surface area is 147 Å².